The average Bonchev–Trinajstić information content (AvgIpc) is 2.96. The summed E-state index contributed by atoms with van der Waals surface area (Å²) in [6.07, 6.45) is 27.4. The van der Waals surface area contributed by atoms with Gasteiger partial charge >= 0.3 is 11.9 Å². The largest absolute Gasteiger partial charge is 0.508 e. The number of carbonyl (C=O) groups excluding carboxylic acids is 2. The third-order valence-electron chi connectivity index (χ3n) is 7.08. The molecule has 0 aliphatic carbocycles. The maximum Gasteiger partial charge on any atom is 0.338 e. The van der Waals surface area contributed by atoms with Gasteiger partial charge in [-0.25, -0.2) is 4.79 Å². The van der Waals surface area contributed by atoms with Crippen molar-refractivity contribution in [3.05, 3.63) is 29.8 Å². The number of hydrogen-bond acceptors (Lipinski definition) is 5. The van der Waals surface area contributed by atoms with Crippen LogP contribution in [0.3, 0.4) is 0 Å². The lowest BCUT2D eigenvalue weighted by Gasteiger charge is -2.05. The Kier molecular flexibility index (Phi) is 28.4. The number of benzene rings is 1. The molecule has 5 heteroatoms. The van der Waals surface area contributed by atoms with Crippen LogP contribution in [0.2, 0.25) is 0 Å². The molecule has 0 saturated carbocycles. The zero-order chi connectivity index (χ0) is 29.5. The topological polar surface area (TPSA) is 72.8 Å². The van der Waals surface area contributed by atoms with Crippen LogP contribution < -0.4 is 0 Å². The summed E-state index contributed by atoms with van der Waals surface area (Å²) in [6.45, 7) is 7.63. The minimum Gasteiger partial charge on any atom is -0.508 e. The van der Waals surface area contributed by atoms with E-state index < -0.39 is 0 Å². The van der Waals surface area contributed by atoms with Crippen LogP contribution in [0, 0.1) is 0 Å². The van der Waals surface area contributed by atoms with Gasteiger partial charge in [0.2, 0.25) is 0 Å². The van der Waals surface area contributed by atoms with Crippen LogP contribution >= 0.6 is 0 Å². The molecule has 0 spiro atoms. The molecule has 0 saturated heterocycles. The highest BCUT2D eigenvalue weighted by molar-refractivity contribution is 5.89. The van der Waals surface area contributed by atoms with Crippen molar-refractivity contribution in [2.24, 2.45) is 0 Å². The van der Waals surface area contributed by atoms with Gasteiger partial charge < -0.3 is 14.6 Å². The van der Waals surface area contributed by atoms with Gasteiger partial charge in [-0.05, 0) is 43.5 Å². The summed E-state index contributed by atoms with van der Waals surface area (Å²) in [5.41, 5.74) is 0.471. The number of hydrogen-bond donors (Lipinski definition) is 1. The fourth-order valence-corrected chi connectivity index (χ4v) is 4.42. The van der Waals surface area contributed by atoms with Gasteiger partial charge in [0, 0.05) is 6.42 Å². The molecule has 1 rings (SSSR count). The van der Waals surface area contributed by atoms with E-state index in [1.807, 2.05) is 6.92 Å². The van der Waals surface area contributed by atoms with E-state index in [0.717, 1.165) is 25.7 Å². The number of rotatable bonds is 25. The van der Waals surface area contributed by atoms with E-state index in [2.05, 4.69) is 13.8 Å². The fourth-order valence-electron chi connectivity index (χ4n) is 4.42. The summed E-state index contributed by atoms with van der Waals surface area (Å²) in [5.74, 6) is -0.171. The van der Waals surface area contributed by atoms with Gasteiger partial charge in [-0.2, -0.15) is 0 Å². The summed E-state index contributed by atoms with van der Waals surface area (Å²) in [4.78, 5) is 23.0. The van der Waals surface area contributed by atoms with E-state index in [-0.39, 0.29) is 17.7 Å². The van der Waals surface area contributed by atoms with Gasteiger partial charge in [0.05, 0.1) is 18.8 Å². The molecule has 0 amide bonds. The lowest BCUT2D eigenvalue weighted by atomic mass is 10.0. The Labute approximate surface area is 246 Å². The van der Waals surface area contributed by atoms with E-state index in [1.165, 1.54) is 121 Å². The van der Waals surface area contributed by atoms with Crippen molar-refractivity contribution in [2.45, 2.75) is 162 Å². The molecule has 0 bridgehead atoms. The molecule has 0 fully saturated rings. The van der Waals surface area contributed by atoms with Gasteiger partial charge in [0.15, 0.2) is 0 Å². The first-order chi connectivity index (χ1) is 19.5. The Hall–Kier alpha value is -2.04. The standard InChI is InChI=1S/C24H48O2.C11H14O3/c1-3-5-7-9-11-12-13-14-15-16-17-18-20-22-24(25)26-23-21-19-10-8-6-4-2;1-2-3-8-14-11(13)9-4-6-10(12)7-5-9/h3-23H2,1-2H3;4-7,12H,2-3,8H2,1H3. The fraction of sp³-hybridized carbons (Fsp3) is 0.771. The summed E-state index contributed by atoms with van der Waals surface area (Å²) in [7, 11) is 0. The minimum absolute atomic E-state index is 0.0154. The zero-order valence-corrected chi connectivity index (χ0v) is 26.4. The molecular formula is C35H62O5. The Bertz CT molecular complexity index is 686. The second-order valence-electron chi connectivity index (χ2n) is 11.0. The third kappa shape index (κ3) is 26.2. The van der Waals surface area contributed by atoms with Crippen molar-refractivity contribution >= 4 is 11.9 Å². The number of phenolic OH excluding ortho intramolecular Hbond substituents is 1. The maximum atomic E-state index is 11.7. The number of carbonyl (C=O) groups is 2. The predicted molar refractivity (Wildman–Crippen MR) is 168 cm³/mol. The number of unbranched alkanes of at least 4 members (excludes halogenated alkanes) is 18. The number of ether oxygens (including phenoxy) is 2. The zero-order valence-electron chi connectivity index (χ0n) is 26.4. The molecule has 0 aliphatic rings. The second kappa shape index (κ2) is 29.9. The molecule has 0 aromatic heterocycles. The molecule has 232 valence electrons. The quantitative estimate of drug-likeness (QED) is 0.0947. The van der Waals surface area contributed by atoms with Gasteiger partial charge in [-0.15, -0.1) is 0 Å². The van der Waals surface area contributed by atoms with Crippen LogP contribution in [0.25, 0.3) is 0 Å². The van der Waals surface area contributed by atoms with E-state index in [4.69, 9.17) is 14.6 Å². The van der Waals surface area contributed by atoms with Crippen LogP contribution in [0.4, 0.5) is 0 Å². The van der Waals surface area contributed by atoms with Crippen molar-refractivity contribution in [2.75, 3.05) is 13.2 Å². The average molecular weight is 563 g/mol. The Morgan fingerprint density at radius 2 is 0.925 bits per heavy atom. The molecule has 1 aromatic rings. The van der Waals surface area contributed by atoms with Gasteiger partial charge in [0.25, 0.3) is 0 Å². The van der Waals surface area contributed by atoms with Crippen LogP contribution in [0.1, 0.15) is 172 Å². The monoisotopic (exact) mass is 562 g/mol. The number of aromatic hydroxyl groups is 1. The number of esters is 2. The first-order valence-corrected chi connectivity index (χ1v) is 16.7. The molecule has 1 aromatic carbocycles. The highest BCUT2D eigenvalue weighted by Crippen LogP contribution is 2.14. The normalized spacial score (nSPS) is 10.6. The lowest BCUT2D eigenvalue weighted by molar-refractivity contribution is -0.143. The van der Waals surface area contributed by atoms with Crippen molar-refractivity contribution in [1.82, 2.24) is 0 Å². The maximum absolute atomic E-state index is 11.7. The third-order valence-corrected chi connectivity index (χ3v) is 7.08. The summed E-state index contributed by atoms with van der Waals surface area (Å²) in [6, 6.07) is 6.03. The molecule has 40 heavy (non-hydrogen) atoms. The first-order valence-electron chi connectivity index (χ1n) is 16.7. The van der Waals surface area contributed by atoms with E-state index in [0.29, 0.717) is 25.2 Å². The molecule has 0 radical (unpaired) electrons. The minimum atomic E-state index is -0.335. The summed E-state index contributed by atoms with van der Waals surface area (Å²) >= 11 is 0. The lowest BCUT2D eigenvalue weighted by Crippen LogP contribution is -2.05. The number of phenols is 1. The SMILES string of the molecule is CCCCCCCCCCCCCCCC(=O)OCCCCCCCC.CCCCOC(=O)c1ccc(O)cc1. The second-order valence-corrected chi connectivity index (χ2v) is 11.0. The van der Waals surface area contributed by atoms with E-state index in [1.54, 1.807) is 12.1 Å². The van der Waals surface area contributed by atoms with Crippen molar-refractivity contribution in [1.29, 1.82) is 0 Å². The molecule has 0 unspecified atom stereocenters. The highest BCUT2D eigenvalue weighted by Gasteiger charge is 2.06. The van der Waals surface area contributed by atoms with Gasteiger partial charge in [-0.3, -0.25) is 4.79 Å². The van der Waals surface area contributed by atoms with Gasteiger partial charge in [-0.1, -0.05) is 136 Å². The molecule has 0 atom stereocenters. The van der Waals surface area contributed by atoms with Crippen molar-refractivity contribution in [3.8, 4) is 5.75 Å². The van der Waals surface area contributed by atoms with Crippen molar-refractivity contribution < 1.29 is 24.2 Å². The predicted octanol–water partition coefficient (Wildman–Crippen LogP) is 10.7. The molecule has 5 nitrogen and oxygen atoms in total. The smallest absolute Gasteiger partial charge is 0.338 e. The molecule has 0 heterocycles. The Morgan fingerprint density at radius 3 is 1.40 bits per heavy atom. The Morgan fingerprint density at radius 1 is 0.525 bits per heavy atom. The molecular weight excluding hydrogens is 500 g/mol. The van der Waals surface area contributed by atoms with Crippen LogP contribution in [-0.2, 0) is 14.3 Å². The Balaban J connectivity index is 0.000000906. The van der Waals surface area contributed by atoms with E-state index >= 15 is 0 Å². The van der Waals surface area contributed by atoms with Crippen molar-refractivity contribution in [3.63, 3.8) is 0 Å². The van der Waals surface area contributed by atoms with Gasteiger partial charge in [0.1, 0.15) is 5.75 Å². The van der Waals surface area contributed by atoms with Crippen LogP contribution in [0.15, 0.2) is 24.3 Å². The van der Waals surface area contributed by atoms with E-state index in [9.17, 15) is 9.59 Å². The molecule has 0 aliphatic heterocycles. The van der Waals surface area contributed by atoms with Crippen LogP contribution in [0.5, 0.6) is 5.75 Å². The first kappa shape index (κ1) is 38.0. The highest BCUT2D eigenvalue weighted by atomic mass is 16.5. The molecule has 1 N–H and O–H groups in total. The van der Waals surface area contributed by atoms with Crippen LogP contribution in [-0.4, -0.2) is 30.3 Å². The summed E-state index contributed by atoms with van der Waals surface area (Å²) in [5, 5.41) is 9.00. The summed E-state index contributed by atoms with van der Waals surface area (Å²) < 4.78 is 10.3.